The molecule has 5 heteroatoms. The summed E-state index contributed by atoms with van der Waals surface area (Å²) in [7, 11) is 0. The molecule has 2 aliphatic heterocycles. The lowest BCUT2D eigenvalue weighted by Gasteiger charge is -2.38. The van der Waals surface area contributed by atoms with Gasteiger partial charge in [-0.2, -0.15) is 0 Å². The molecule has 2 N–H and O–H groups in total. The molecule has 3 rings (SSSR count). The molecule has 0 aliphatic carbocycles. The summed E-state index contributed by atoms with van der Waals surface area (Å²) in [6.45, 7) is 2.04. The Hall–Kier alpha value is -2.04. The van der Waals surface area contributed by atoms with Crippen LogP contribution < -0.4 is 5.32 Å². The summed E-state index contributed by atoms with van der Waals surface area (Å²) in [5, 5.41) is 11.9. The predicted octanol–water partition coefficient (Wildman–Crippen LogP) is 1.20. The van der Waals surface area contributed by atoms with Crippen LogP contribution in [-0.2, 0) is 11.2 Å². The topological polar surface area (TPSA) is 69.6 Å². The molecule has 0 spiro atoms. The first-order valence-corrected chi connectivity index (χ1v) is 6.51. The van der Waals surface area contributed by atoms with E-state index < -0.39 is 5.97 Å². The van der Waals surface area contributed by atoms with Crippen LogP contribution in [0.4, 0.5) is 5.69 Å². The zero-order valence-electron chi connectivity index (χ0n) is 10.6. The van der Waals surface area contributed by atoms with E-state index in [0.717, 1.165) is 18.7 Å². The highest BCUT2D eigenvalue weighted by Crippen LogP contribution is 2.26. The average molecular weight is 260 g/mol. The van der Waals surface area contributed by atoms with Gasteiger partial charge in [0.25, 0.3) is 5.91 Å². The van der Waals surface area contributed by atoms with Crippen LogP contribution >= 0.6 is 0 Å². The average Bonchev–Trinajstić information content (AvgIpc) is 2.79. The molecule has 0 aromatic heterocycles. The second-order valence-electron chi connectivity index (χ2n) is 5.22. The number of rotatable bonds is 3. The Bertz CT molecular complexity index is 535. The predicted molar refractivity (Wildman–Crippen MR) is 70.3 cm³/mol. The normalized spacial score (nSPS) is 17.6. The van der Waals surface area contributed by atoms with Gasteiger partial charge in [0, 0.05) is 36.8 Å². The largest absolute Gasteiger partial charge is 0.481 e. The highest BCUT2D eigenvalue weighted by molar-refractivity contribution is 5.95. The lowest BCUT2D eigenvalue weighted by atomic mass is 9.95. The van der Waals surface area contributed by atoms with Crippen molar-refractivity contribution >= 4 is 17.6 Å². The third-order valence-corrected chi connectivity index (χ3v) is 3.77. The fraction of sp³-hybridized carbons (Fsp3) is 0.429. The van der Waals surface area contributed by atoms with E-state index in [1.165, 1.54) is 5.56 Å². The summed E-state index contributed by atoms with van der Waals surface area (Å²) in [4.78, 5) is 24.5. The van der Waals surface area contributed by atoms with E-state index in [1.807, 2.05) is 18.2 Å². The summed E-state index contributed by atoms with van der Waals surface area (Å²) in [5.74, 6) is -0.672. The molecule has 19 heavy (non-hydrogen) atoms. The number of carboxylic acids is 1. The minimum absolute atomic E-state index is 0.0105. The summed E-state index contributed by atoms with van der Waals surface area (Å²) in [6, 6.07) is 5.73. The van der Waals surface area contributed by atoms with Gasteiger partial charge in [0.15, 0.2) is 0 Å². The van der Waals surface area contributed by atoms with Crippen LogP contribution in [0.5, 0.6) is 0 Å². The maximum absolute atomic E-state index is 12.2. The first-order valence-electron chi connectivity index (χ1n) is 6.51. The standard InChI is InChI=1S/C14H16N2O3/c17-13(18)5-9-7-16(8-9)14(19)11-1-2-12-10(6-11)3-4-15-12/h1-2,6,9,15H,3-5,7-8H2,(H,17,18). The molecular formula is C14H16N2O3. The minimum atomic E-state index is -0.791. The lowest BCUT2D eigenvalue weighted by Crippen LogP contribution is -2.50. The Morgan fingerprint density at radius 3 is 2.89 bits per heavy atom. The van der Waals surface area contributed by atoms with Gasteiger partial charge < -0.3 is 15.3 Å². The molecule has 0 saturated carbocycles. The maximum Gasteiger partial charge on any atom is 0.303 e. The second-order valence-corrected chi connectivity index (χ2v) is 5.22. The van der Waals surface area contributed by atoms with Gasteiger partial charge in [-0.15, -0.1) is 0 Å². The van der Waals surface area contributed by atoms with Gasteiger partial charge in [-0.05, 0) is 30.2 Å². The van der Waals surface area contributed by atoms with E-state index in [-0.39, 0.29) is 18.2 Å². The highest BCUT2D eigenvalue weighted by Gasteiger charge is 2.32. The molecule has 0 radical (unpaired) electrons. The van der Waals surface area contributed by atoms with Crippen molar-refractivity contribution in [1.82, 2.24) is 4.90 Å². The quantitative estimate of drug-likeness (QED) is 0.856. The minimum Gasteiger partial charge on any atom is -0.481 e. The third kappa shape index (κ3) is 2.28. The molecule has 1 fully saturated rings. The smallest absolute Gasteiger partial charge is 0.303 e. The Morgan fingerprint density at radius 2 is 2.16 bits per heavy atom. The van der Waals surface area contributed by atoms with Gasteiger partial charge in [0.2, 0.25) is 0 Å². The molecule has 1 amide bonds. The number of benzene rings is 1. The van der Waals surface area contributed by atoms with E-state index in [2.05, 4.69) is 5.32 Å². The first kappa shape index (κ1) is 12.0. The number of hydrogen-bond donors (Lipinski definition) is 2. The Labute approximate surface area is 111 Å². The fourth-order valence-corrected chi connectivity index (χ4v) is 2.73. The Morgan fingerprint density at radius 1 is 1.37 bits per heavy atom. The van der Waals surface area contributed by atoms with Crippen molar-refractivity contribution in [2.45, 2.75) is 12.8 Å². The van der Waals surface area contributed by atoms with Crippen molar-refractivity contribution in [2.24, 2.45) is 5.92 Å². The molecular weight excluding hydrogens is 244 g/mol. The van der Waals surface area contributed by atoms with E-state index in [4.69, 9.17) is 5.11 Å². The van der Waals surface area contributed by atoms with Gasteiger partial charge >= 0.3 is 5.97 Å². The van der Waals surface area contributed by atoms with Gasteiger partial charge in [-0.1, -0.05) is 0 Å². The highest BCUT2D eigenvalue weighted by atomic mass is 16.4. The van der Waals surface area contributed by atoms with Crippen LogP contribution in [0, 0.1) is 5.92 Å². The number of fused-ring (bicyclic) bond motifs is 1. The first-order chi connectivity index (χ1) is 9.13. The number of nitrogens with zero attached hydrogens (tertiary/aromatic N) is 1. The lowest BCUT2D eigenvalue weighted by molar-refractivity contribution is -0.139. The fourth-order valence-electron chi connectivity index (χ4n) is 2.73. The van der Waals surface area contributed by atoms with E-state index in [9.17, 15) is 9.59 Å². The van der Waals surface area contributed by atoms with Gasteiger partial charge in [-0.25, -0.2) is 0 Å². The number of carboxylic acid groups (broad SMARTS) is 1. The number of nitrogens with one attached hydrogen (secondary N) is 1. The number of aliphatic carboxylic acids is 1. The summed E-state index contributed by atoms with van der Waals surface area (Å²) in [5.41, 5.74) is 3.01. The monoisotopic (exact) mass is 260 g/mol. The summed E-state index contributed by atoms with van der Waals surface area (Å²) < 4.78 is 0. The third-order valence-electron chi connectivity index (χ3n) is 3.77. The molecule has 1 aromatic rings. The molecule has 2 aliphatic rings. The number of amides is 1. The molecule has 0 unspecified atom stereocenters. The molecule has 100 valence electrons. The van der Waals surface area contributed by atoms with Gasteiger partial charge in [0.1, 0.15) is 0 Å². The van der Waals surface area contributed by atoms with E-state index in [0.29, 0.717) is 18.7 Å². The zero-order valence-corrected chi connectivity index (χ0v) is 10.6. The Kier molecular flexibility index (Phi) is 2.89. The summed E-state index contributed by atoms with van der Waals surface area (Å²) >= 11 is 0. The van der Waals surface area contributed by atoms with Crippen LogP contribution in [0.2, 0.25) is 0 Å². The molecule has 1 saturated heterocycles. The number of carbonyl (C=O) groups is 2. The maximum atomic E-state index is 12.2. The summed E-state index contributed by atoms with van der Waals surface area (Å²) in [6.07, 6.45) is 1.11. The zero-order chi connectivity index (χ0) is 13.4. The van der Waals surface area contributed by atoms with Crippen molar-refractivity contribution < 1.29 is 14.7 Å². The molecule has 5 nitrogen and oxygen atoms in total. The van der Waals surface area contributed by atoms with Crippen molar-refractivity contribution in [3.63, 3.8) is 0 Å². The Balaban J connectivity index is 1.64. The SMILES string of the molecule is O=C(O)CC1CN(C(=O)c2ccc3c(c2)CCN3)C1. The van der Waals surface area contributed by atoms with Crippen molar-refractivity contribution in [2.75, 3.05) is 25.0 Å². The molecule has 0 atom stereocenters. The van der Waals surface area contributed by atoms with Crippen molar-refractivity contribution in [3.05, 3.63) is 29.3 Å². The molecule has 0 bridgehead atoms. The molecule has 1 aromatic carbocycles. The number of hydrogen-bond acceptors (Lipinski definition) is 3. The van der Waals surface area contributed by atoms with Crippen molar-refractivity contribution in [3.8, 4) is 0 Å². The number of anilines is 1. The van der Waals surface area contributed by atoms with Gasteiger partial charge in [-0.3, -0.25) is 9.59 Å². The number of carbonyl (C=O) groups excluding carboxylic acids is 1. The van der Waals surface area contributed by atoms with Crippen molar-refractivity contribution in [1.29, 1.82) is 0 Å². The van der Waals surface area contributed by atoms with Crippen LogP contribution in [0.3, 0.4) is 0 Å². The van der Waals surface area contributed by atoms with Crippen LogP contribution in [0.1, 0.15) is 22.3 Å². The molecule has 2 heterocycles. The van der Waals surface area contributed by atoms with E-state index >= 15 is 0 Å². The number of likely N-dealkylation sites (tertiary alicyclic amines) is 1. The second kappa shape index (κ2) is 4.57. The van der Waals surface area contributed by atoms with Gasteiger partial charge in [0.05, 0.1) is 6.42 Å². The van der Waals surface area contributed by atoms with Crippen LogP contribution in [0.15, 0.2) is 18.2 Å². The van der Waals surface area contributed by atoms with Crippen LogP contribution in [-0.4, -0.2) is 41.5 Å². The van der Waals surface area contributed by atoms with Crippen LogP contribution in [0.25, 0.3) is 0 Å². The van der Waals surface area contributed by atoms with E-state index in [1.54, 1.807) is 4.90 Å².